The van der Waals surface area contributed by atoms with Crippen LogP contribution >= 0.6 is 23.4 Å². The summed E-state index contributed by atoms with van der Waals surface area (Å²) in [5.74, 6) is 0.835. The third-order valence-corrected chi connectivity index (χ3v) is 5.99. The number of aryl methyl sites for hydroxylation is 1. The quantitative estimate of drug-likeness (QED) is 0.306. The second-order valence-corrected chi connectivity index (χ2v) is 8.32. The van der Waals surface area contributed by atoms with Gasteiger partial charge >= 0.3 is 0 Å². The normalized spacial score (nSPS) is 11.3. The Kier molecular flexibility index (Phi) is 6.24. The summed E-state index contributed by atoms with van der Waals surface area (Å²) >= 11 is 7.75. The summed E-state index contributed by atoms with van der Waals surface area (Å²) in [5, 5.41) is 1.74. The van der Waals surface area contributed by atoms with Gasteiger partial charge in [0.05, 0.1) is 17.6 Å². The van der Waals surface area contributed by atoms with Crippen LogP contribution in [-0.4, -0.2) is 16.2 Å². The first-order valence-corrected chi connectivity index (χ1v) is 11.0. The Morgan fingerprint density at radius 2 is 1.69 bits per heavy atom. The van der Waals surface area contributed by atoms with Gasteiger partial charge in [-0.3, -0.25) is 4.57 Å². The number of imidazole rings is 1. The lowest BCUT2D eigenvalue weighted by atomic mass is 10.2. The standard InChI is InChI=1S/C24H23ClN2OS/c1-3-28-15-18-7-11-21(12-8-18)27-23-14-17(2)4-13-22(23)26-24(27)29-16-19-5-9-20(25)10-6-19/h4-14H,3,15-16H2,1-2H3. The van der Waals surface area contributed by atoms with Crippen LogP contribution in [0.2, 0.25) is 5.02 Å². The van der Waals surface area contributed by atoms with E-state index in [9.17, 15) is 0 Å². The van der Waals surface area contributed by atoms with Crippen LogP contribution in [0.1, 0.15) is 23.6 Å². The van der Waals surface area contributed by atoms with Crippen LogP contribution < -0.4 is 0 Å². The van der Waals surface area contributed by atoms with E-state index in [4.69, 9.17) is 21.3 Å². The van der Waals surface area contributed by atoms with E-state index in [1.165, 1.54) is 16.7 Å². The highest BCUT2D eigenvalue weighted by molar-refractivity contribution is 7.98. The number of rotatable bonds is 7. The largest absolute Gasteiger partial charge is 0.377 e. The molecule has 1 aromatic heterocycles. The number of halogens is 1. The van der Waals surface area contributed by atoms with Gasteiger partial charge in [0.1, 0.15) is 0 Å². The Balaban J connectivity index is 1.69. The van der Waals surface area contributed by atoms with Gasteiger partial charge in [-0.2, -0.15) is 0 Å². The molecule has 0 N–H and O–H groups in total. The van der Waals surface area contributed by atoms with Crippen molar-refractivity contribution >= 4 is 34.4 Å². The second kappa shape index (κ2) is 9.04. The van der Waals surface area contributed by atoms with Crippen LogP contribution in [0.25, 0.3) is 16.7 Å². The smallest absolute Gasteiger partial charge is 0.174 e. The van der Waals surface area contributed by atoms with Gasteiger partial charge in [0, 0.05) is 23.1 Å². The van der Waals surface area contributed by atoms with Gasteiger partial charge in [-0.25, -0.2) is 4.98 Å². The molecule has 0 radical (unpaired) electrons. The molecule has 0 aliphatic heterocycles. The van der Waals surface area contributed by atoms with Crippen molar-refractivity contribution in [3.8, 4) is 5.69 Å². The fraction of sp³-hybridized carbons (Fsp3) is 0.208. The van der Waals surface area contributed by atoms with Gasteiger partial charge in [0.2, 0.25) is 0 Å². The van der Waals surface area contributed by atoms with E-state index in [1.807, 2.05) is 19.1 Å². The molecule has 0 aliphatic rings. The molecule has 29 heavy (non-hydrogen) atoms. The Morgan fingerprint density at radius 3 is 2.41 bits per heavy atom. The van der Waals surface area contributed by atoms with Crippen molar-refractivity contribution in [3.05, 3.63) is 88.4 Å². The summed E-state index contributed by atoms with van der Waals surface area (Å²) < 4.78 is 7.77. The zero-order chi connectivity index (χ0) is 20.2. The number of fused-ring (bicyclic) bond motifs is 1. The van der Waals surface area contributed by atoms with Crippen molar-refractivity contribution in [2.45, 2.75) is 31.4 Å². The number of hydrogen-bond acceptors (Lipinski definition) is 3. The number of hydrogen-bond donors (Lipinski definition) is 0. The highest BCUT2D eigenvalue weighted by Crippen LogP contribution is 2.31. The third-order valence-electron chi connectivity index (χ3n) is 4.73. The van der Waals surface area contributed by atoms with E-state index in [-0.39, 0.29) is 0 Å². The predicted molar refractivity (Wildman–Crippen MR) is 122 cm³/mol. The molecule has 3 nitrogen and oxygen atoms in total. The van der Waals surface area contributed by atoms with E-state index < -0.39 is 0 Å². The predicted octanol–water partition coefficient (Wildman–Crippen LogP) is 6.82. The maximum Gasteiger partial charge on any atom is 0.174 e. The Labute approximate surface area is 180 Å². The molecule has 0 saturated heterocycles. The fourth-order valence-electron chi connectivity index (χ4n) is 3.20. The van der Waals surface area contributed by atoms with E-state index >= 15 is 0 Å². The first kappa shape index (κ1) is 20.0. The number of thioether (sulfide) groups is 1. The van der Waals surface area contributed by atoms with Crippen LogP contribution in [0.15, 0.2) is 71.9 Å². The molecule has 5 heteroatoms. The van der Waals surface area contributed by atoms with Crippen LogP contribution in [0, 0.1) is 6.92 Å². The van der Waals surface area contributed by atoms with Crippen LogP contribution in [0.5, 0.6) is 0 Å². The van der Waals surface area contributed by atoms with E-state index in [0.29, 0.717) is 6.61 Å². The maximum atomic E-state index is 6.01. The van der Waals surface area contributed by atoms with Crippen molar-refractivity contribution in [2.75, 3.05) is 6.61 Å². The lowest BCUT2D eigenvalue weighted by Gasteiger charge is -2.11. The van der Waals surface area contributed by atoms with Gasteiger partial charge in [0.15, 0.2) is 5.16 Å². The molecule has 0 spiro atoms. The van der Waals surface area contributed by atoms with Crippen molar-refractivity contribution in [3.63, 3.8) is 0 Å². The molecule has 0 aliphatic carbocycles. The van der Waals surface area contributed by atoms with Gasteiger partial charge in [-0.05, 0) is 66.9 Å². The SMILES string of the molecule is CCOCc1ccc(-n2c(SCc3ccc(Cl)cc3)nc3ccc(C)cc32)cc1. The van der Waals surface area contributed by atoms with Crippen LogP contribution in [-0.2, 0) is 17.1 Å². The summed E-state index contributed by atoms with van der Waals surface area (Å²) in [4.78, 5) is 4.91. The average molecular weight is 423 g/mol. The molecule has 0 fully saturated rings. The van der Waals surface area contributed by atoms with Crippen molar-refractivity contribution < 1.29 is 4.74 Å². The molecule has 0 saturated carbocycles. The molecule has 4 rings (SSSR count). The number of ether oxygens (including phenoxy) is 1. The molecule has 0 bridgehead atoms. The Morgan fingerprint density at radius 1 is 0.966 bits per heavy atom. The van der Waals surface area contributed by atoms with E-state index in [2.05, 4.69) is 66.1 Å². The lowest BCUT2D eigenvalue weighted by Crippen LogP contribution is -1.98. The molecular formula is C24H23ClN2OS. The van der Waals surface area contributed by atoms with Crippen molar-refractivity contribution in [2.24, 2.45) is 0 Å². The highest BCUT2D eigenvalue weighted by Gasteiger charge is 2.14. The minimum Gasteiger partial charge on any atom is -0.377 e. The van der Waals surface area contributed by atoms with Crippen LogP contribution in [0.3, 0.4) is 0 Å². The zero-order valence-corrected chi connectivity index (χ0v) is 18.1. The monoisotopic (exact) mass is 422 g/mol. The third kappa shape index (κ3) is 4.67. The molecule has 0 atom stereocenters. The number of nitrogens with zero attached hydrogens (tertiary/aromatic N) is 2. The minimum atomic E-state index is 0.638. The number of aromatic nitrogens is 2. The summed E-state index contributed by atoms with van der Waals surface area (Å²) in [7, 11) is 0. The van der Waals surface area contributed by atoms with Crippen molar-refractivity contribution in [1.82, 2.24) is 9.55 Å². The van der Waals surface area contributed by atoms with Crippen LogP contribution in [0.4, 0.5) is 0 Å². The first-order chi connectivity index (χ1) is 14.1. The van der Waals surface area contributed by atoms with E-state index in [1.54, 1.807) is 11.8 Å². The molecule has 3 aromatic carbocycles. The van der Waals surface area contributed by atoms with Gasteiger partial charge < -0.3 is 4.74 Å². The molecule has 148 valence electrons. The molecular weight excluding hydrogens is 400 g/mol. The first-order valence-electron chi connectivity index (χ1n) is 9.67. The van der Waals surface area contributed by atoms with E-state index in [0.717, 1.165) is 39.3 Å². The summed E-state index contributed by atoms with van der Waals surface area (Å²) in [6, 6.07) is 22.9. The molecule has 0 unspecified atom stereocenters. The zero-order valence-electron chi connectivity index (χ0n) is 16.6. The summed E-state index contributed by atoms with van der Waals surface area (Å²) in [6.45, 7) is 5.48. The number of benzene rings is 3. The Hall–Kier alpha value is -2.27. The highest BCUT2D eigenvalue weighted by atomic mass is 35.5. The Bertz CT molecular complexity index is 1100. The summed E-state index contributed by atoms with van der Waals surface area (Å²) in [5.41, 5.74) is 6.86. The molecule has 4 aromatic rings. The van der Waals surface area contributed by atoms with Gasteiger partial charge in [0.25, 0.3) is 0 Å². The lowest BCUT2D eigenvalue weighted by molar-refractivity contribution is 0.134. The van der Waals surface area contributed by atoms with Crippen molar-refractivity contribution in [1.29, 1.82) is 0 Å². The average Bonchev–Trinajstić information content (AvgIpc) is 3.09. The molecule has 1 heterocycles. The topological polar surface area (TPSA) is 27.1 Å². The maximum absolute atomic E-state index is 6.01. The fourth-order valence-corrected chi connectivity index (χ4v) is 4.31. The van der Waals surface area contributed by atoms with Gasteiger partial charge in [-0.15, -0.1) is 0 Å². The summed E-state index contributed by atoms with van der Waals surface area (Å²) in [6.07, 6.45) is 0. The molecule has 0 amide bonds. The second-order valence-electron chi connectivity index (χ2n) is 6.94. The van der Waals surface area contributed by atoms with Gasteiger partial charge in [-0.1, -0.05) is 53.7 Å². The minimum absolute atomic E-state index is 0.638.